The van der Waals surface area contributed by atoms with Crippen LogP contribution >= 0.6 is 0 Å². The summed E-state index contributed by atoms with van der Waals surface area (Å²) in [6.45, 7) is 1.99. The average molecular weight is 270 g/mol. The second-order valence-corrected chi connectivity index (χ2v) is 4.67. The zero-order valence-corrected chi connectivity index (χ0v) is 11.1. The van der Waals surface area contributed by atoms with Crippen molar-refractivity contribution < 1.29 is 4.39 Å². The number of hydrogen-bond acceptors (Lipinski definition) is 3. The molecule has 0 bridgehead atoms. The van der Waals surface area contributed by atoms with Crippen LogP contribution in [0, 0.1) is 5.82 Å². The maximum Gasteiger partial charge on any atom is 0.153 e. The maximum absolute atomic E-state index is 14.0. The highest BCUT2D eigenvalue weighted by atomic mass is 19.1. The molecule has 0 aliphatic rings. The Labute approximate surface area is 116 Å². The quantitative estimate of drug-likeness (QED) is 0.796. The van der Waals surface area contributed by atoms with Crippen LogP contribution in [0.3, 0.4) is 0 Å². The molecule has 0 amide bonds. The van der Waals surface area contributed by atoms with Crippen molar-refractivity contribution in [1.29, 1.82) is 0 Å². The van der Waals surface area contributed by atoms with Crippen LogP contribution in [0.5, 0.6) is 0 Å². The Morgan fingerprint density at radius 2 is 2.15 bits per heavy atom. The van der Waals surface area contributed by atoms with Crippen LogP contribution < -0.4 is 5.73 Å². The third kappa shape index (κ3) is 2.06. The Balaban J connectivity index is 2.29. The molecule has 2 aromatic heterocycles. The summed E-state index contributed by atoms with van der Waals surface area (Å²) < 4.78 is 15.7. The zero-order valence-electron chi connectivity index (χ0n) is 11.1. The monoisotopic (exact) mass is 270 g/mol. The standard InChI is InChI=1S/C15H15FN4/c1-2-13(17)11-9-14-18-7-8-20(14)19-15(11)10-5-3-4-6-12(10)16/h3-9,13H,2,17H2,1H3. The van der Waals surface area contributed by atoms with Crippen LogP contribution in [0.4, 0.5) is 4.39 Å². The van der Waals surface area contributed by atoms with Gasteiger partial charge in [0, 0.05) is 29.6 Å². The highest BCUT2D eigenvalue weighted by Crippen LogP contribution is 2.29. The fourth-order valence-corrected chi connectivity index (χ4v) is 2.23. The van der Waals surface area contributed by atoms with Gasteiger partial charge in [-0.1, -0.05) is 19.1 Å². The minimum Gasteiger partial charge on any atom is -0.324 e. The molecule has 2 heterocycles. The Morgan fingerprint density at radius 1 is 1.35 bits per heavy atom. The number of hydrogen-bond donors (Lipinski definition) is 1. The fraction of sp³-hybridized carbons (Fsp3) is 0.200. The molecule has 102 valence electrons. The van der Waals surface area contributed by atoms with E-state index in [9.17, 15) is 4.39 Å². The molecule has 0 saturated carbocycles. The van der Waals surface area contributed by atoms with E-state index in [1.165, 1.54) is 6.07 Å². The summed E-state index contributed by atoms with van der Waals surface area (Å²) in [6, 6.07) is 8.28. The normalized spacial score (nSPS) is 12.8. The predicted octanol–water partition coefficient (Wildman–Crippen LogP) is 2.95. The molecule has 1 atom stereocenters. The number of fused-ring (bicyclic) bond motifs is 1. The van der Waals surface area contributed by atoms with Crippen molar-refractivity contribution >= 4 is 5.65 Å². The van der Waals surface area contributed by atoms with Crippen LogP contribution in [-0.4, -0.2) is 14.6 Å². The third-order valence-corrected chi connectivity index (χ3v) is 3.38. The molecule has 4 nitrogen and oxygen atoms in total. The summed E-state index contributed by atoms with van der Waals surface area (Å²) in [7, 11) is 0. The minimum atomic E-state index is -0.302. The maximum atomic E-state index is 14.0. The van der Waals surface area contributed by atoms with Gasteiger partial charge >= 0.3 is 0 Å². The predicted molar refractivity (Wildman–Crippen MR) is 75.6 cm³/mol. The van der Waals surface area contributed by atoms with E-state index in [4.69, 9.17) is 5.73 Å². The van der Waals surface area contributed by atoms with Gasteiger partial charge in [-0.25, -0.2) is 13.9 Å². The zero-order chi connectivity index (χ0) is 14.1. The summed E-state index contributed by atoms with van der Waals surface area (Å²) in [6.07, 6.45) is 4.15. The molecule has 1 aromatic carbocycles. The summed E-state index contributed by atoms with van der Waals surface area (Å²) in [4.78, 5) is 4.20. The summed E-state index contributed by atoms with van der Waals surface area (Å²) in [5, 5.41) is 4.47. The topological polar surface area (TPSA) is 56.2 Å². The van der Waals surface area contributed by atoms with Crippen LogP contribution in [-0.2, 0) is 0 Å². The van der Waals surface area contributed by atoms with E-state index in [-0.39, 0.29) is 11.9 Å². The van der Waals surface area contributed by atoms with Crippen molar-refractivity contribution in [2.75, 3.05) is 0 Å². The fourth-order valence-electron chi connectivity index (χ4n) is 2.23. The first kappa shape index (κ1) is 12.7. The molecule has 3 aromatic rings. The van der Waals surface area contributed by atoms with Crippen LogP contribution in [0.15, 0.2) is 42.7 Å². The Hall–Kier alpha value is -2.27. The Kier molecular flexibility index (Phi) is 3.20. The van der Waals surface area contributed by atoms with Crippen molar-refractivity contribution in [3.8, 4) is 11.3 Å². The minimum absolute atomic E-state index is 0.196. The number of nitrogens with zero attached hydrogens (tertiary/aromatic N) is 3. The van der Waals surface area contributed by atoms with Crippen LogP contribution in [0.2, 0.25) is 0 Å². The van der Waals surface area contributed by atoms with E-state index >= 15 is 0 Å². The van der Waals surface area contributed by atoms with E-state index in [1.54, 1.807) is 35.1 Å². The molecule has 0 aliphatic heterocycles. The first-order chi connectivity index (χ1) is 9.70. The lowest BCUT2D eigenvalue weighted by atomic mass is 9.99. The number of imidazole rings is 1. The van der Waals surface area contributed by atoms with E-state index in [0.29, 0.717) is 16.9 Å². The first-order valence-electron chi connectivity index (χ1n) is 6.55. The van der Waals surface area contributed by atoms with Gasteiger partial charge < -0.3 is 5.73 Å². The van der Waals surface area contributed by atoms with Gasteiger partial charge in [0.2, 0.25) is 0 Å². The number of nitrogens with two attached hydrogens (primary N) is 1. The van der Waals surface area contributed by atoms with Gasteiger partial charge in [0.05, 0.1) is 5.69 Å². The second-order valence-electron chi connectivity index (χ2n) is 4.67. The molecule has 3 rings (SSSR count). The van der Waals surface area contributed by atoms with Crippen molar-refractivity contribution in [3.05, 3.63) is 54.1 Å². The van der Waals surface area contributed by atoms with Crippen LogP contribution in [0.25, 0.3) is 16.9 Å². The van der Waals surface area contributed by atoms with Gasteiger partial charge in [0.1, 0.15) is 5.82 Å². The SMILES string of the molecule is CCC(N)c1cc2nccn2nc1-c1ccccc1F. The summed E-state index contributed by atoms with van der Waals surface area (Å²) in [5.41, 5.74) is 8.70. The second kappa shape index (κ2) is 5.02. The van der Waals surface area contributed by atoms with Gasteiger partial charge in [-0.05, 0) is 24.6 Å². The van der Waals surface area contributed by atoms with Gasteiger partial charge in [-0.15, -0.1) is 0 Å². The molecule has 20 heavy (non-hydrogen) atoms. The highest BCUT2D eigenvalue weighted by Gasteiger charge is 2.17. The molecular weight excluding hydrogens is 255 g/mol. The molecule has 5 heteroatoms. The molecule has 1 unspecified atom stereocenters. The van der Waals surface area contributed by atoms with Gasteiger partial charge in [-0.2, -0.15) is 5.10 Å². The van der Waals surface area contributed by atoms with E-state index in [2.05, 4.69) is 10.1 Å². The smallest absolute Gasteiger partial charge is 0.153 e. The Bertz CT molecular complexity index is 750. The van der Waals surface area contributed by atoms with E-state index in [1.807, 2.05) is 13.0 Å². The molecule has 0 aliphatic carbocycles. The first-order valence-corrected chi connectivity index (χ1v) is 6.55. The van der Waals surface area contributed by atoms with Crippen molar-refractivity contribution in [3.63, 3.8) is 0 Å². The molecule has 2 N–H and O–H groups in total. The number of aromatic nitrogens is 3. The van der Waals surface area contributed by atoms with E-state index in [0.717, 1.165) is 12.0 Å². The van der Waals surface area contributed by atoms with Gasteiger partial charge in [0.15, 0.2) is 5.65 Å². The number of halogens is 1. The number of benzene rings is 1. The lowest BCUT2D eigenvalue weighted by molar-refractivity contribution is 0.628. The Morgan fingerprint density at radius 3 is 2.90 bits per heavy atom. The summed E-state index contributed by atoms with van der Waals surface area (Å²) in [5.74, 6) is -0.302. The summed E-state index contributed by atoms with van der Waals surface area (Å²) >= 11 is 0. The highest BCUT2D eigenvalue weighted by molar-refractivity contribution is 5.66. The van der Waals surface area contributed by atoms with Crippen molar-refractivity contribution in [2.45, 2.75) is 19.4 Å². The lowest BCUT2D eigenvalue weighted by Gasteiger charge is -2.15. The van der Waals surface area contributed by atoms with Crippen molar-refractivity contribution in [2.24, 2.45) is 5.73 Å². The molecular formula is C15H15FN4. The molecule has 0 fully saturated rings. The largest absolute Gasteiger partial charge is 0.324 e. The van der Waals surface area contributed by atoms with Crippen LogP contribution in [0.1, 0.15) is 24.9 Å². The average Bonchev–Trinajstić information content (AvgIpc) is 2.93. The van der Waals surface area contributed by atoms with Crippen molar-refractivity contribution in [1.82, 2.24) is 14.6 Å². The third-order valence-electron chi connectivity index (χ3n) is 3.38. The van der Waals surface area contributed by atoms with E-state index < -0.39 is 0 Å². The lowest BCUT2D eigenvalue weighted by Crippen LogP contribution is -2.13. The molecule has 0 saturated heterocycles. The molecule has 0 radical (unpaired) electrons. The van der Waals surface area contributed by atoms with Gasteiger partial charge in [-0.3, -0.25) is 0 Å². The van der Waals surface area contributed by atoms with Gasteiger partial charge in [0.25, 0.3) is 0 Å². The number of rotatable bonds is 3. The molecule has 0 spiro atoms.